The molecule has 0 aliphatic carbocycles. The van der Waals surface area contributed by atoms with Crippen LogP contribution >= 0.6 is 0 Å². The van der Waals surface area contributed by atoms with Gasteiger partial charge in [-0.1, -0.05) is 146 Å². The van der Waals surface area contributed by atoms with E-state index in [0.29, 0.717) is 0 Å². The summed E-state index contributed by atoms with van der Waals surface area (Å²) in [6, 6.07) is 70.3. The van der Waals surface area contributed by atoms with Crippen molar-refractivity contribution in [2.24, 2.45) is 0 Å². The van der Waals surface area contributed by atoms with Crippen LogP contribution in [0.1, 0.15) is 0 Å². The van der Waals surface area contributed by atoms with Crippen molar-refractivity contribution in [3.8, 4) is 44.8 Å². The third-order valence-electron chi connectivity index (χ3n) is 9.43. The molecule has 9 rings (SSSR count). The van der Waals surface area contributed by atoms with Crippen molar-refractivity contribution in [1.82, 2.24) is 9.97 Å². The molecule has 0 atom stereocenters. The Morgan fingerprint density at radius 1 is 0.314 bits per heavy atom. The number of fused-ring (bicyclic) bond motifs is 3. The predicted molar refractivity (Wildman–Crippen MR) is 213 cm³/mol. The van der Waals surface area contributed by atoms with Crippen molar-refractivity contribution >= 4 is 38.9 Å². The molecule has 0 spiro atoms. The van der Waals surface area contributed by atoms with E-state index >= 15 is 0 Å². The van der Waals surface area contributed by atoms with Gasteiger partial charge in [-0.15, -0.1) is 0 Å². The molecule has 0 fully saturated rings. The molecule has 1 heterocycles. The third-order valence-corrected chi connectivity index (χ3v) is 9.43. The zero-order valence-corrected chi connectivity index (χ0v) is 27.9. The molecule has 3 heteroatoms. The number of para-hydroxylation sites is 2. The van der Waals surface area contributed by atoms with Crippen LogP contribution in [0.25, 0.3) is 66.6 Å². The molecule has 0 saturated heterocycles. The van der Waals surface area contributed by atoms with Gasteiger partial charge < -0.3 is 4.90 Å². The lowest BCUT2D eigenvalue weighted by atomic mass is 9.96. The van der Waals surface area contributed by atoms with Crippen LogP contribution in [0.15, 0.2) is 200 Å². The SMILES string of the molecule is c1ccc(-c2nc3ccc4ccc(-c5cccc(-c6ccc(N(c7ccccc7)c7ccccc7)cc6)c5)cc4c3nc2-c2ccccc2)cc1. The molecule has 51 heavy (non-hydrogen) atoms. The van der Waals surface area contributed by atoms with E-state index < -0.39 is 0 Å². The Morgan fingerprint density at radius 2 is 0.765 bits per heavy atom. The molecular weight excluding hydrogens is 619 g/mol. The smallest absolute Gasteiger partial charge is 0.0973 e. The highest BCUT2D eigenvalue weighted by atomic mass is 15.1. The van der Waals surface area contributed by atoms with E-state index in [-0.39, 0.29) is 0 Å². The van der Waals surface area contributed by atoms with Gasteiger partial charge in [-0.3, -0.25) is 0 Å². The van der Waals surface area contributed by atoms with E-state index in [2.05, 4.69) is 193 Å². The Labute approximate surface area is 297 Å². The second-order valence-corrected chi connectivity index (χ2v) is 12.7. The van der Waals surface area contributed by atoms with Gasteiger partial charge in [0.2, 0.25) is 0 Å². The minimum Gasteiger partial charge on any atom is -0.311 e. The number of hydrogen-bond donors (Lipinski definition) is 0. The Morgan fingerprint density at radius 3 is 1.37 bits per heavy atom. The van der Waals surface area contributed by atoms with Crippen molar-refractivity contribution in [2.45, 2.75) is 0 Å². The lowest BCUT2D eigenvalue weighted by molar-refractivity contribution is 1.28. The van der Waals surface area contributed by atoms with Crippen LogP contribution in [0.2, 0.25) is 0 Å². The molecule has 0 amide bonds. The Bertz CT molecular complexity index is 2560. The first-order valence-electron chi connectivity index (χ1n) is 17.2. The lowest BCUT2D eigenvalue weighted by Crippen LogP contribution is -2.09. The van der Waals surface area contributed by atoms with Crippen LogP contribution < -0.4 is 4.90 Å². The number of hydrogen-bond acceptors (Lipinski definition) is 3. The van der Waals surface area contributed by atoms with E-state index in [1.807, 2.05) is 12.1 Å². The zero-order chi connectivity index (χ0) is 34.0. The second-order valence-electron chi connectivity index (χ2n) is 12.7. The number of anilines is 3. The maximum absolute atomic E-state index is 5.35. The van der Waals surface area contributed by atoms with Crippen LogP contribution in [0.5, 0.6) is 0 Å². The molecule has 3 nitrogen and oxygen atoms in total. The Kier molecular flexibility index (Phi) is 7.84. The van der Waals surface area contributed by atoms with E-state index in [1.54, 1.807) is 0 Å². The molecule has 1 aromatic heterocycles. The topological polar surface area (TPSA) is 29.0 Å². The number of aromatic nitrogens is 2. The zero-order valence-electron chi connectivity index (χ0n) is 27.9. The summed E-state index contributed by atoms with van der Waals surface area (Å²) in [5.74, 6) is 0. The van der Waals surface area contributed by atoms with E-state index in [1.165, 1.54) is 11.1 Å². The normalized spacial score (nSPS) is 11.1. The van der Waals surface area contributed by atoms with Crippen molar-refractivity contribution in [1.29, 1.82) is 0 Å². The summed E-state index contributed by atoms with van der Waals surface area (Å²) < 4.78 is 0. The minimum atomic E-state index is 0.882. The molecular formula is C48H33N3. The molecule has 0 aliphatic heterocycles. The molecule has 0 saturated carbocycles. The highest BCUT2D eigenvalue weighted by Gasteiger charge is 2.16. The average Bonchev–Trinajstić information content (AvgIpc) is 3.22. The highest BCUT2D eigenvalue weighted by Crippen LogP contribution is 2.37. The standard InChI is InChI=1S/C48H33N3/c1-5-14-36(15-6-1)46-47(37-16-7-2-8-17-37)50-48-44-33-40(25-24-35(44)28-31-45(48)49-46)39-19-13-18-38(32-39)34-26-29-43(30-27-34)51(41-20-9-3-10-21-41)42-22-11-4-12-23-42/h1-33H. The summed E-state index contributed by atoms with van der Waals surface area (Å²) in [4.78, 5) is 12.9. The van der Waals surface area contributed by atoms with Crippen molar-refractivity contribution in [3.63, 3.8) is 0 Å². The van der Waals surface area contributed by atoms with E-state index in [0.717, 1.165) is 72.5 Å². The molecule has 240 valence electrons. The Balaban J connectivity index is 1.10. The molecule has 0 aliphatic rings. The number of rotatable bonds is 7. The van der Waals surface area contributed by atoms with Gasteiger partial charge >= 0.3 is 0 Å². The fourth-order valence-electron chi connectivity index (χ4n) is 6.89. The van der Waals surface area contributed by atoms with Crippen LogP contribution in [0.3, 0.4) is 0 Å². The summed E-state index contributed by atoms with van der Waals surface area (Å²) >= 11 is 0. The average molecular weight is 652 g/mol. The van der Waals surface area contributed by atoms with Gasteiger partial charge in [-0.05, 0) is 82.2 Å². The summed E-state index contributed by atoms with van der Waals surface area (Å²) in [5, 5.41) is 2.23. The van der Waals surface area contributed by atoms with Crippen molar-refractivity contribution < 1.29 is 0 Å². The highest BCUT2D eigenvalue weighted by molar-refractivity contribution is 6.07. The summed E-state index contributed by atoms with van der Waals surface area (Å²) in [5.41, 5.74) is 13.7. The molecule has 0 bridgehead atoms. The minimum absolute atomic E-state index is 0.882. The first-order valence-corrected chi connectivity index (χ1v) is 17.2. The largest absolute Gasteiger partial charge is 0.311 e. The quantitative estimate of drug-likeness (QED) is 0.161. The fourth-order valence-corrected chi connectivity index (χ4v) is 6.89. The van der Waals surface area contributed by atoms with Gasteiger partial charge in [0, 0.05) is 33.6 Å². The molecule has 0 unspecified atom stereocenters. The number of benzene rings is 8. The number of nitrogens with zero attached hydrogens (tertiary/aromatic N) is 3. The van der Waals surface area contributed by atoms with E-state index in [4.69, 9.17) is 9.97 Å². The van der Waals surface area contributed by atoms with Gasteiger partial charge in [0.05, 0.1) is 22.4 Å². The third kappa shape index (κ3) is 5.92. The summed E-state index contributed by atoms with van der Waals surface area (Å²) in [6.45, 7) is 0. The van der Waals surface area contributed by atoms with Gasteiger partial charge in [-0.25, -0.2) is 9.97 Å². The Hall–Kier alpha value is -6.84. The van der Waals surface area contributed by atoms with Gasteiger partial charge in [0.1, 0.15) is 0 Å². The van der Waals surface area contributed by atoms with Crippen molar-refractivity contribution in [3.05, 3.63) is 200 Å². The summed E-state index contributed by atoms with van der Waals surface area (Å²) in [6.07, 6.45) is 0. The first kappa shape index (κ1) is 30.2. The van der Waals surface area contributed by atoms with Crippen molar-refractivity contribution in [2.75, 3.05) is 4.90 Å². The lowest BCUT2D eigenvalue weighted by Gasteiger charge is -2.25. The molecule has 0 radical (unpaired) electrons. The van der Waals surface area contributed by atoms with Gasteiger partial charge in [-0.2, -0.15) is 0 Å². The maximum Gasteiger partial charge on any atom is 0.0973 e. The predicted octanol–water partition coefficient (Wildman–Crippen LogP) is 12.9. The molecule has 8 aromatic carbocycles. The van der Waals surface area contributed by atoms with Crippen LogP contribution in [0.4, 0.5) is 17.1 Å². The summed E-state index contributed by atoms with van der Waals surface area (Å²) in [7, 11) is 0. The van der Waals surface area contributed by atoms with Gasteiger partial charge in [0.25, 0.3) is 0 Å². The maximum atomic E-state index is 5.35. The molecule has 0 N–H and O–H groups in total. The fraction of sp³-hybridized carbons (Fsp3) is 0. The second kappa shape index (κ2) is 13.2. The first-order chi connectivity index (χ1) is 25.3. The van der Waals surface area contributed by atoms with Gasteiger partial charge in [0.15, 0.2) is 0 Å². The van der Waals surface area contributed by atoms with E-state index in [9.17, 15) is 0 Å². The van der Waals surface area contributed by atoms with Crippen LogP contribution in [0, 0.1) is 0 Å². The monoisotopic (exact) mass is 651 g/mol. The van der Waals surface area contributed by atoms with Crippen LogP contribution in [-0.2, 0) is 0 Å². The molecule has 9 aromatic rings. The van der Waals surface area contributed by atoms with Crippen LogP contribution in [-0.4, -0.2) is 9.97 Å².